The van der Waals surface area contributed by atoms with E-state index in [1.807, 2.05) is 6.92 Å². The monoisotopic (exact) mass is 367 g/mol. The molecular weight excluding hydrogens is 346 g/mol. The van der Waals surface area contributed by atoms with E-state index in [-0.39, 0.29) is 36.2 Å². The number of sulfone groups is 1. The Labute approximate surface area is 145 Å². The fourth-order valence-electron chi connectivity index (χ4n) is 2.92. The van der Waals surface area contributed by atoms with E-state index >= 15 is 0 Å². The first-order valence-corrected chi connectivity index (χ1v) is 10.0. The third-order valence-electron chi connectivity index (χ3n) is 4.32. The molecule has 9 heteroatoms. The summed E-state index contributed by atoms with van der Waals surface area (Å²) in [6, 6.07) is 5.03. The van der Waals surface area contributed by atoms with Gasteiger partial charge in [0.05, 0.1) is 35.7 Å². The minimum Gasteiger partial charge on any atom is -0.380 e. The standard InChI is InChI=1S/C16H21N3O5S/c1-2-24-8-5-19-14-4-3-12(11-13(14)17-16(19)21)15(20)18-6-9-25(22,23)10-7-18/h3-4,11H,2,5-10H2,1H3,(H,17,21). The summed E-state index contributed by atoms with van der Waals surface area (Å²) in [4.78, 5) is 28.9. The minimum atomic E-state index is -3.04. The summed E-state index contributed by atoms with van der Waals surface area (Å²) < 4.78 is 29.8. The van der Waals surface area contributed by atoms with Gasteiger partial charge in [0.25, 0.3) is 5.91 Å². The summed E-state index contributed by atoms with van der Waals surface area (Å²) >= 11 is 0. The van der Waals surface area contributed by atoms with Gasteiger partial charge in [0.15, 0.2) is 9.84 Å². The Morgan fingerprint density at radius 1 is 1.28 bits per heavy atom. The first kappa shape index (κ1) is 17.7. The summed E-state index contributed by atoms with van der Waals surface area (Å²) in [5.74, 6) is -0.239. The maximum Gasteiger partial charge on any atom is 0.326 e. The molecule has 3 rings (SSSR count). The molecule has 0 spiro atoms. The van der Waals surface area contributed by atoms with Crippen LogP contribution in [0.2, 0.25) is 0 Å². The summed E-state index contributed by atoms with van der Waals surface area (Å²) in [6.45, 7) is 3.75. The Hall–Kier alpha value is -2.13. The van der Waals surface area contributed by atoms with Crippen molar-refractivity contribution in [1.82, 2.24) is 14.5 Å². The highest BCUT2D eigenvalue weighted by Crippen LogP contribution is 2.16. The molecule has 136 valence electrons. The van der Waals surface area contributed by atoms with Crippen molar-refractivity contribution in [2.45, 2.75) is 13.5 Å². The second-order valence-electron chi connectivity index (χ2n) is 5.95. The molecule has 1 amide bonds. The number of carbonyl (C=O) groups excluding carboxylic acids is 1. The van der Waals surface area contributed by atoms with Crippen molar-refractivity contribution in [2.24, 2.45) is 0 Å². The summed E-state index contributed by atoms with van der Waals surface area (Å²) in [7, 11) is -3.04. The quantitative estimate of drug-likeness (QED) is 0.763. The van der Waals surface area contributed by atoms with E-state index in [2.05, 4.69) is 4.98 Å². The number of amides is 1. The van der Waals surface area contributed by atoms with E-state index in [1.54, 1.807) is 22.8 Å². The van der Waals surface area contributed by atoms with Crippen LogP contribution in [0.1, 0.15) is 17.3 Å². The van der Waals surface area contributed by atoms with Crippen LogP contribution in [0.4, 0.5) is 0 Å². The average Bonchev–Trinajstić information content (AvgIpc) is 2.89. The number of H-pyrrole nitrogens is 1. The maximum absolute atomic E-state index is 12.6. The maximum atomic E-state index is 12.6. The van der Waals surface area contributed by atoms with Crippen LogP contribution in [0.25, 0.3) is 11.0 Å². The molecule has 8 nitrogen and oxygen atoms in total. The number of imidazole rings is 1. The molecule has 1 aliphatic rings. The van der Waals surface area contributed by atoms with Crippen molar-refractivity contribution in [3.05, 3.63) is 34.2 Å². The third-order valence-corrected chi connectivity index (χ3v) is 5.93. The first-order valence-electron chi connectivity index (χ1n) is 8.21. The zero-order valence-corrected chi connectivity index (χ0v) is 14.8. The smallest absolute Gasteiger partial charge is 0.326 e. The van der Waals surface area contributed by atoms with Crippen molar-refractivity contribution in [3.63, 3.8) is 0 Å². The normalized spacial score (nSPS) is 17.1. The number of fused-ring (bicyclic) bond motifs is 1. The van der Waals surface area contributed by atoms with Crippen LogP contribution >= 0.6 is 0 Å². The molecule has 25 heavy (non-hydrogen) atoms. The number of nitrogens with one attached hydrogen (secondary N) is 1. The number of aromatic amines is 1. The van der Waals surface area contributed by atoms with E-state index < -0.39 is 9.84 Å². The lowest BCUT2D eigenvalue weighted by atomic mass is 10.1. The topological polar surface area (TPSA) is 101 Å². The summed E-state index contributed by atoms with van der Waals surface area (Å²) in [6.07, 6.45) is 0. The van der Waals surface area contributed by atoms with Crippen LogP contribution in [0.15, 0.2) is 23.0 Å². The second kappa shape index (κ2) is 7.01. The Kier molecular flexibility index (Phi) is 4.96. The highest BCUT2D eigenvalue weighted by Gasteiger charge is 2.26. The van der Waals surface area contributed by atoms with E-state index in [0.717, 1.165) is 0 Å². The molecule has 0 unspecified atom stereocenters. The van der Waals surface area contributed by atoms with E-state index in [0.29, 0.717) is 36.4 Å². The van der Waals surface area contributed by atoms with Crippen LogP contribution in [0.3, 0.4) is 0 Å². The molecule has 1 fully saturated rings. The van der Waals surface area contributed by atoms with E-state index in [9.17, 15) is 18.0 Å². The molecule has 1 aliphatic heterocycles. The molecular formula is C16H21N3O5S. The Morgan fingerprint density at radius 3 is 2.68 bits per heavy atom. The fraction of sp³-hybridized carbons (Fsp3) is 0.500. The number of hydrogen-bond acceptors (Lipinski definition) is 5. The lowest BCUT2D eigenvalue weighted by Gasteiger charge is -2.26. The van der Waals surface area contributed by atoms with Crippen LogP contribution in [-0.2, 0) is 21.1 Å². The molecule has 1 aromatic heterocycles. The highest BCUT2D eigenvalue weighted by atomic mass is 32.2. The molecule has 0 saturated carbocycles. The van der Waals surface area contributed by atoms with E-state index in [4.69, 9.17) is 4.74 Å². The minimum absolute atomic E-state index is 0.00831. The third kappa shape index (κ3) is 3.77. The van der Waals surface area contributed by atoms with E-state index in [1.165, 1.54) is 4.90 Å². The number of aromatic nitrogens is 2. The molecule has 0 bridgehead atoms. The zero-order chi connectivity index (χ0) is 18.0. The number of carbonyl (C=O) groups is 1. The van der Waals surface area contributed by atoms with Gasteiger partial charge in [0.2, 0.25) is 0 Å². The molecule has 2 aromatic rings. The van der Waals surface area contributed by atoms with Crippen LogP contribution in [0, 0.1) is 0 Å². The van der Waals surface area contributed by atoms with Gasteiger partial charge in [-0.05, 0) is 25.1 Å². The summed E-state index contributed by atoms with van der Waals surface area (Å²) in [5, 5.41) is 0. The van der Waals surface area contributed by atoms with Gasteiger partial charge >= 0.3 is 5.69 Å². The molecule has 1 saturated heterocycles. The molecule has 1 N–H and O–H groups in total. The van der Waals surface area contributed by atoms with Gasteiger partial charge in [-0.3, -0.25) is 9.36 Å². The molecule has 2 heterocycles. The average molecular weight is 367 g/mol. The number of hydrogen-bond donors (Lipinski definition) is 1. The number of ether oxygens (including phenoxy) is 1. The summed E-state index contributed by atoms with van der Waals surface area (Å²) in [5.41, 5.74) is 1.48. The zero-order valence-electron chi connectivity index (χ0n) is 14.0. The SMILES string of the molecule is CCOCCn1c(=O)[nH]c2cc(C(=O)N3CCS(=O)(=O)CC3)ccc21. The van der Waals surface area contributed by atoms with Crippen molar-refractivity contribution < 1.29 is 17.9 Å². The van der Waals surface area contributed by atoms with Crippen molar-refractivity contribution >= 4 is 26.8 Å². The molecule has 0 atom stereocenters. The molecule has 1 aromatic carbocycles. The lowest BCUT2D eigenvalue weighted by molar-refractivity contribution is 0.0770. The Balaban J connectivity index is 1.82. The Morgan fingerprint density at radius 2 is 2.00 bits per heavy atom. The van der Waals surface area contributed by atoms with Gasteiger partial charge in [-0.15, -0.1) is 0 Å². The van der Waals surface area contributed by atoms with Crippen LogP contribution in [0.5, 0.6) is 0 Å². The van der Waals surface area contributed by atoms with Gasteiger partial charge in [-0.2, -0.15) is 0 Å². The van der Waals surface area contributed by atoms with Gasteiger partial charge < -0.3 is 14.6 Å². The second-order valence-corrected chi connectivity index (χ2v) is 8.26. The first-order chi connectivity index (χ1) is 11.9. The van der Waals surface area contributed by atoms with Gasteiger partial charge in [0, 0.05) is 25.3 Å². The number of benzene rings is 1. The van der Waals surface area contributed by atoms with Gasteiger partial charge in [-0.1, -0.05) is 0 Å². The largest absolute Gasteiger partial charge is 0.380 e. The number of nitrogens with zero attached hydrogens (tertiary/aromatic N) is 2. The number of rotatable bonds is 5. The van der Waals surface area contributed by atoms with Crippen LogP contribution in [-0.4, -0.2) is 66.6 Å². The van der Waals surface area contributed by atoms with Crippen LogP contribution < -0.4 is 5.69 Å². The van der Waals surface area contributed by atoms with Gasteiger partial charge in [0.1, 0.15) is 0 Å². The highest BCUT2D eigenvalue weighted by molar-refractivity contribution is 7.91. The Bertz CT molecular complexity index is 930. The fourth-order valence-corrected chi connectivity index (χ4v) is 4.12. The lowest BCUT2D eigenvalue weighted by Crippen LogP contribution is -2.43. The van der Waals surface area contributed by atoms with Crippen molar-refractivity contribution in [3.8, 4) is 0 Å². The molecule has 0 radical (unpaired) electrons. The van der Waals surface area contributed by atoms with Crippen molar-refractivity contribution in [1.29, 1.82) is 0 Å². The molecule has 0 aliphatic carbocycles. The predicted molar refractivity (Wildman–Crippen MR) is 93.6 cm³/mol. The van der Waals surface area contributed by atoms with Crippen molar-refractivity contribution in [2.75, 3.05) is 37.8 Å². The predicted octanol–water partition coefficient (Wildman–Crippen LogP) is 0.237. The van der Waals surface area contributed by atoms with Gasteiger partial charge in [-0.25, -0.2) is 13.2 Å².